The molecule has 0 unspecified atom stereocenters. The fraction of sp³-hybridized carbons (Fsp3) is 0.500. The highest BCUT2D eigenvalue weighted by molar-refractivity contribution is 6.91. The summed E-state index contributed by atoms with van der Waals surface area (Å²) in [6.07, 6.45) is 2.65. The van der Waals surface area contributed by atoms with E-state index in [-0.39, 0.29) is 36.0 Å². The van der Waals surface area contributed by atoms with Crippen LogP contribution in [-0.2, 0) is 19.9 Å². The molecule has 0 aliphatic carbocycles. The van der Waals surface area contributed by atoms with Gasteiger partial charge in [0, 0.05) is 42.4 Å². The third-order valence-electron chi connectivity index (χ3n) is 8.62. The number of methoxy groups -OCH3 is 1. The van der Waals surface area contributed by atoms with Crippen LogP contribution in [0.3, 0.4) is 0 Å². The smallest absolute Gasteiger partial charge is 0.261 e. The van der Waals surface area contributed by atoms with E-state index in [0.29, 0.717) is 19.4 Å². The third-order valence-corrected chi connectivity index (χ3v) is 13.0. The summed E-state index contributed by atoms with van der Waals surface area (Å²) in [5, 5.41) is 14.3. The van der Waals surface area contributed by atoms with Gasteiger partial charge in [-0.15, -0.1) is 0 Å². The van der Waals surface area contributed by atoms with Crippen LogP contribution in [0, 0.1) is 5.92 Å². The maximum absolute atomic E-state index is 13.7. The molecule has 0 bridgehead atoms. The Morgan fingerprint density at radius 1 is 1.17 bits per heavy atom. The molecule has 2 aromatic rings. The van der Waals surface area contributed by atoms with E-state index in [4.69, 9.17) is 9.47 Å². The highest BCUT2D eigenvalue weighted by atomic mass is 28.3. The molecule has 3 aliphatic heterocycles. The molecular formula is C28H36N2O5Si. The van der Waals surface area contributed by atoms with Gasteiger partial charge in [0.1, 0.15) is 5.75 Å². The number of aliphatic hydroxyl groups excluding tert-OH is 1. The van der Waals surface area contributed by atoms with Gasteiger partial charge in [0.25, 0.3) is 5.91 Å². The Morgan fingerprint density at radius 2 is 1.92 bits per heavy atom. The molecule has 36 heavy (non-hydrogen) atoms. The third kappa shape index (κ3) is 3.78. The second-order valence-electron chi connectivity index (χ2n) is 10.9. The summed E-state index contributed by atoms with van der Waals surface area (Å²) in [5.74, 6) is 0.659. The Kier molecular flexibility index (Phi) is 6.47. The topological polar surface area (TPSA) is 88.1 Å². The molecule has 5 rings (SSSR count). The standard InChI is InChI=1S/C28H36N2O5Si/c1-18-26(36(3,4)21-11-9-20(34-2)10-12-21)24(14-16-31)35-28(18)22-17-19(8-13-23(22)29-27(28)33)30-15-6-5-7-25(30)32/h8-13,17-18,24,26,31H,5-7,14-16H2,1-4H3,(H,29,33)/t18-,24+,26-,28+/m0/s1. The average molecular weight is 509 g/mol. The van der Waals surface area contributed by atoms with Crippen molar-refractivity contribution < 1.29 is 24.2 Å². The van der Waals surface area contributed by atoms with Crippen molar-refractivity contribution in [3.8, 4) is 5.75 Å². The van der Waals surface area contributed by atoms with Crippen LogP contribution in [-0.4, -0.2) is 51.4 Å². The molecule has 4 atom stereocenters. The van der Waals surface area contributed by atoms with Gasteiger partial charge in [-0.1, -0.05) is 37.3 Å². The molecule has 0 aromatic heterocycles. The van der Waals surface area contributed by atoms with Crippen molar-refractivity contribution in [2.45, 2.75) is 62.9 Å². The molecular weight excluding hydrogens is 472 g/mol. The van der Waals surface area contributed by atoms with E-state index in [1.54, 1.807) is 7.11 Å². The number of fused-ring (bicyclic) bond motifs is 2. The van der Waals surface area contributed by atoms with Gasteiger partial charge in [-0.05, 0) is 55.1 Å². The molecule has 2 N–H and O–H groups in total. The minimum atomic E-state index is -2.18. The molecule has 2 aromatic carbocycles. The Bertz CT molecular complexity index is 1170. The van der Waals surface area contributed by atoms with Gasteiger partial charge in [0.15, 0.2) is 5.60 Å². The van der Waals surface area contributed by atoms with Gasteiger partial charge in [-0.25, -0.2) is 0 Å². The van der Waals surface area contributed by atoms with Crippen LogP contribution in [0.5, 0.6) is 5.75 Å². The number of amides is 2. The number of benzene rings is 2. The summed E-state index contributed by atoms with van der Waals surface area (Å²) < 4.78 is 12.1. The van der Waals surface area contributed by atoms with E-state index < -0.39 is 13.7 Å². The molecule has 192 valence electrons. The maximum Gasteiger partial charge on any atom is 0.261 e. The molecule has 0 radical (unpaired) electrons. The zero-order chi connectivity index (χ0) is 25.7. The van der Waals surface area contributed by atoms with E-state index in [9.17, 15) is 14.7 Å². The summed E-state index contributed by atoms with van der Waals surface area (Å²) in [7, 11) is -0.523. The number of rotatable bonds is 6. The SMILES string of the molecule is COc1ccc([Si](C)(C)[C@@H]2[C@@H](CCO)O[C@]3(C(=O)Nc4ccc(N5CCCCC5=O)cc43)[C@H]2C)cc1. The highest BCUT2D eigenvalue weighted by Gasteiger charge is 2.64. The van der Waals surface area contributed by atoms with E-state index in [1.165, 1.54) is 5.19 Å². The number of ether oxygens (including phenoxy) is 2. The van der Waals surface area contributed by atoms with Crippen LogP contribution in [0.15, 0.2) is 42.5 Å². The lowest BCUT2D eigenvalue weighted by Gasteiger charge is -2.37. The van der Waals surface area contributed by atoms with Gasteiger partial charge < -0.3 is 24.8 Å². The molecule has 2 fully saturated rings. The molecule has 2 amide bonds. The number of carbonyl (C=O) groups is 2. The fourth-order valence-electron chi connectivity index (χ4n) is 6.76. The van der Waals surface area contributed by atoms with Crippen molar-refractivity contribution in [1.82, 2.24) is 0 Å². The lowest BCUT2D eigenvalue weighted by molar-refractivity contribution is -0.143. The number of carbonyl (C=O) groups excluding carboxylic acids is 2. The number of aliphatic hydroxyl groups is 1. The zero-order valence-electron chi connectivity index (χ0n) is 21.5. The number of nitrogens with zero attached hydrogens (tertiary/aromatic N) is 1. The minimum Gasteiger partial charge on any atom is -0.497 e. The number of hydrogen-bond acceptors (Lipinski definition) is 5. The van der Waals surface area contributed by atoms with Crippen LogP contribution in [0.25, 0.3) is 0 Å². The minimum absolute atomic E-state index is 0.00610. The summed E-state index contributed by atoms with van der Waals surface area (Å²) >= 11 is 0. The molecule has 0 saturated carbocycles. The predicted octanol–water partition coefficient (Wildman–Crippen LogP) is 3.76. The van der Waals surface area contributed by atoms with E-state index in [1.807, 2.05) is 35.2 Å². The lowest BCUT2D eigenvalue weighted by Crippen LogP contribution is -2.51. The van der Waals surface area contributed by atoms with Crippen molar-refractivity contribution in [2.24, 2.45) is 5.92 Å². The number of anilines is 2. The van der Waals surface area contributed by atoms with Crippen LogP contribution >= 0.6 is 0 Å². The number of hydrogen-bond donors (Lipinski definition) is 2. The van der Waals surface area contributed by atoms with E-state index >= 15 is 0 Å². The second-order valence-corrected chi connectivity index (χ2v) is 15.5. The zero-order valence-corrected chi connectivity index (χ0v) is 22.5. The van der Waals surface area contributed by atoms with E-state index in [2.05, 4.69) is 37.5 Å². The number of nitrogens with one attached hydrogen (secondary N) is 1. The summed E-state index contributed by atoms with van der Waals surface area (Å²) in [5.41, 5.74) is 1.31. The second kappa shape index (κ2) is 9.32. The van der Waals surface area contributed by atoms with Gasteiger partial charge in [0.05, 0.1) is 21.3 Å². The fourth-order valence-corrected chi connectivity index (χ4v) is 10.8. The summed E-state index contributed by atoms with van der Waals surface area (Å²) in [6, 6.07) is 14.0. The Balaban J connectivity index is 1.57. The maximum atomic E-state index is 13.7. The van der Waals surface area contributed by atoms with Crippen molar-refractivity contribution in [3.63, 3.8) is 0 Å². The molecule has 1 spiro atoms. The highest BCUT2D eigenvalue weighted by Crippen LogP contribution is 2.58. The van der Waals surface area contributed by atoms with Crippen molar-refractivity contribution in [2.75, 3.05) is 30.5 Å². The molecule has 8 heteroatoms. The first-order chi connectivity index (χ1) is 17.2. The number of piperidine rings is 1. The van der Waals surface area contributed by atoms with Crippen molar-refractivity contribution in [3.05, 3.63) is 48.0 Å². The van der Waals surface area contributed by atoms with Gasteiger partial charge in [0.2, 0.25) is 5.91 Å². The van der Waals surface area contributed by atoms with Crippen LogP contribution in [0.1, 0.15) is 38.2 Å². The first-order valence-corrected chi connectivity index (χ1v) is 16.0. The lowest BCUT2D eigenvalue weighted by atomic mass is 9.82. The predicted molar refractivity (Wildman–Crippen MR) is 143 cm³/mol. The van der Waals surface area contributed by atoms with Gasteiger partial charge in [-0.3, -0.25) is 9.59 Å². The quantitative estimate of drug-likeness (QED) is 0.580. The molecule has 3 heterocycles. The Labute approximate surface area is 213 Å². The molecule has 7 nitrogen and oxygen atoms in total. The van der Waals surface area contributed by atoms with Crippen LogP contribution in [0.2, 0.25) is 18.6 Å². The van der Waals surface area contributed by atoms with Crippen LogP contribution < -0.4 is 20.1 Å². The van der Waals surface area contributed by atoms with Crippen LogP contribution in [0.4, 0.5) is 11.4 Å². The first-order valence-electron chi connectivity index (χ1n) is 12.9. The van der Waals surface area contributed by atoms with Gasteiger partial charge in [-0.2, -0.15) is 0 Å². The first kappa shape index (κ1) is 25.0. The molecule has 3 aliphatic rings. The normalized spacial score (nSPS) is 27.9. The van der Waals surface area contributed by atoms with E-state index in [0.717, 1.165) is 35.5 Å². The summed E-state index contributed by atoms with van der Waals surface area (Å²) in [6.45, 7) is 7.44. The largest absolute Gasteiger partial charge is 0.497 e. The van der Waals surface area contributed by atoms with Crippen molar-refractivity contribution >= 4 is 36.4 Å². The Hall–Kier alpha value is -2.68. The molecule has 2 saturated heterocycles. The monoisotopic (exact) mass is 508 g/mol. The average Bonchev–Trinajstić information content (AvgIpc) is 3.33. The van der Waals surface area contributed by atoms with Gasteiger partial charge >= 0.3 is 0 Å². The van der Waals surface area contributed by atoms with Crippen molar-refractivity contribution in [1.29, 1.82) is 0 Å². The summed E-state index contributed by atoms with van der Waals surface area (Å²) in [4.78, 5) is 28.2. The Morgan fingerprint density at radius 3 is 2.58 bits per heavy atom.